The highest BCUT2D eigenvalue weighted by Crippen LogP contribution is 2.23. The molecule has 0 spiro atoms. The second kappa shape index (κ2) is 7.70. The predicted molar refractivity (Wildman–Crippen MR) is 91.9 cm³/mol. The molecular formula is C15H18ClN3O3S. The van der Waals surface area contributed by atoms with Crippen LogP contribution >= 0.6 is 23.4 Å². The van der Waals surface area contributed by atoms with Gasteiger partial charge in [0.15, 0.2) is 0 Å². The van der Waals surface area contributed by atoms with E-state index in [0.29, 0.717) is 17.1 Å². The number of amides is 4. The van der Waals surface area contributed by atoms with Crippen LogP contribution < -0.4 is 10.6 Å². The summed E-state index contributed by atoms with van der Waals surface area (Å²) in [5, 5.41) is 5.81. The van der Waals surface area contributed by atoms with Crippen LogP contribution in [0.4, 0.5) is 10.5 Å². The van der Waals surface area contributed by atoms with Crippen molar-refractivity contribution < 1.29 is 14.4 Å². The molecule has 0 aromatic heterocycles. The molecule has 0 radical (unpaired) electrons. The molecule has 6 nitrogen and oxygen atoms in total. The fourth-order valence-electron chi connectivity index (χ4n) is 2.23. The molecule has 0 unspecified atom stereocenters. The number of nitrogens with one attached hydrogen (secondary N) is 2. The van der Waals surface area contributed by atoms with Crippen molar-refractivity contribution in [2.24, 2.45) is 0 Å². The van der Waals surface area contributed by atoms with E-state index >= 15 is 0 Å². The summed E-state index contributed by atoms with van der Waals surface area (Å²) in [7, 11) is 0. The number of rotatable bonds is 6. The molecule has 1 aliphatic rings. The Kier molecular flexibility index (Phi) is 5.90. The molecular weight excluding hydrogens is 338 g/mol. The quantitative estimate of drug-likeness (QED) is 0.767. The van der Waals surface area contributed by atoms with Gasteiger partial charge in [-0.25, -0.2) is 4.79 Å². The van der Waals surface area contributed by atoms with Gasteiger partial charge >= 0.3 is 6.03 Å². The third-order valence-corrected chi connectivity index (χ3v) is 4.61. The Balaban J connectivity index is 1.98. The number of hydrogen-bond donors (Lipinski definition) is 2. The zero-order chi connectivity index (χ0) is 17.0. The number of urea groups is 1. The Morgan fingerprint density at radius 3 is 2.87 bits per heavy atom. The number of benzene rings is 1. The van der Waals surface area contributed by atoms with Crippen molar-refractivity contribution >= 4 is 46.9 Å². The predicted octanol–water partition coefficient (Wildman–Crippen LogP) is 2.26. The maximum atomic E-state index is 12.2. The number of hydrogen-bond acceptors (Lipinski definition) is 4. The zero-order valence-corrected chi connectivity index (χ0v) is 14.5. The van der Waals surface area contributed by atoms with E-state index in [4.69, 9.17) is 11.6 Å². The smallest absolute Gasteiger partial charge is 0.325 e. The van der Waals surface area contributed by atoms with E-state index in [9.17, 15) is 14.4 Å². The Morgan fingerprint density at radius 1 is 1.43 bits per heavy atom. The van der Waals surface area contributed by atoms with Crippen molar-refractivity contribution in [3.05, 3.63) is 28.8 Å². The third-order valence-electron chi connectivity index (χ3n) is 3.56. The lowest BCUT2D eigenvalue weighted by Crippen LogP contribution is -2.38. The van der Waals surface area contributed by atoms with Gasteiger partial charge in [0.25, 0.3) is 5.91 Å². The second-order valence-corrected chi connectivity index (χ2v) is 6.56. The van der Waals surface area contributed by atoms with Gasteiger partial charge < -0.3 is 10.6 Å². The fourth-order valence-corrected chi connectivity index (χ4v) is 2.88. The topological polar surface area (TPSA) is 78.5 Å². The molecule has 1 saturated heterocycles. The van der Waals surface area contributed by atoms with Gasteiger partial charge in [-0.15, -0.1) is 0 Å². The lowest BCUT2D eigenvalue weighted by atomic mass is 10.2. The lowest BCUT2D eigenvalue weighted by Gasteiger charge is -2.14. The van der Waals surface area contributed by atoms with E-state index in [0.717, 1.165) is 16.2 Å². The SMILES string of the molecule is CSCC[C@@H]1NC(=O)N(CC(=O)Nc2cccc(Cl)c2C)C1=O. The fraction of sp³-hybridized carbons (Fsp3) is 0.400. The van der Waals surface area contributed by atoms with Crippen molar-refractivity contribution in [3.63, 3.8) is 0 Å². The Labute approximate surface area is 143 Å². The van der Waals surface area contributed by atoms with Gasteiger partial charge in [-0.1, -0.05) is 17.7 Å². The lowest BCUT2D eigenvalue weighted by molar-refractivity contribution is -0.130. The van der Waals surface area contributed by atoms with Gasteiger partial charge in [0, 0.05) is 10.7 Å². The number of carbonyl (C=O) groups excluding carboxylic acids is 3. The van der Waals surface area contributed by atoms with Crippen LogP contribution in [0.5, 0.6) is 0 Å². The number of carbonyl (C=O) groups is 3. The average Bonchev–Trinajstić information content (AvgIpc) is 2.77. The summed E-state index contributed by atoms with van der Waals surface area (Å²) < 4.78 is 0. The van der Waals surface area contributed by atoms with Crippen molar-refractivity contribution in [2.75, 3.05) is 23.9 Å². The average molecular weight is 356 g/mol. The number of imide groups is 1. The summed E-state index contributed by atoms with van der Waals surface area (Å²) in [4.78, 5) is 37.1. The molecule has 0 saturated carbocycles. The summed E-state index contributed by atoms with van der Waals surface area (Å²) >= 11 is 7.60. The molecule has 0 aliphatic carbocycles. The van der Waals surface area contributed by atoms with Crippen molar-refractivity contribution in [3.8, 4) is 0 Å². The van der Waals surface area contributed by atoms with Gasteiger partial charge in [0.1, 0.15) is 12.6 Å². The van der Waals surface area contributed by atoms with Crippen molar-refractivity contribution in [1.82, 2.24) is 10.2 Å². The van der Waals surface area contributed by atoms with Crippen LogP contribution in [0.1, 0.15) is 12.0 Å². The molecule has 1 heterocycles. The van der Waals surface area contributed by atoms with Crippen molar-refractivity contribution in [2.45, 2.75) is 19.4 Å². The molecule has 23 heavy (non-hydrogen) atoms. The summed E-state index contributed by atoms with van der Waals surface area (Å²) in [5.41, 5.74) is 1.30. The van der Waals surface area contributed by atoms with E-state index < -0.39 is 18.0 Å². The van der Waals surface area contributed by atoms with Crippen LogP contribution in [0.3, 0.4) is 0 Å². The number of anilines is 1. The molecule has 1 aromatic rings. The Morgan fingerprint density at radius 2 is 2.17 bits per heavy atom. The number of nitrogens with zero attached hydrogens (tertiary/aromatic N) is 1. The first-order valence-corrected chi connectivity index (χ1v) is 8.87. The molecule has 4 amide bonds. The van der Waals surface area contributed by atoms with Crippen LogP contribution in [-0.2, 0) is 9.59 Å². The van der Waals surface area contributed by atoms with E-state index in [2.05, 4.69) is 10.6 Å². The van der Waals surface area contributed by atoms with Crippen LogP contribution in [0, 0.1) is 6.92 Å². The monoisotopic (exact) mass is 355 g/mol. The van der Waals surface area contributed by atoms with E-state index in [1.54, 1.807) is 36.9 Å². The first kappa shape index (κ1) is 17.6. The molecule has 1 aromatic carbocycles. The van der Waals surface area contributed by atoms with Gasteiger partial charge in [0.05, 0.1) is 0 Å². The van der Waals surface area contributed by atoms with Gasteiger partial charge in [-0.3, -0.25) is 14.5 Å². The highest BCUT2D eigenvalue weighted by Gasteiger charge is 2.38. The highest BCUT2D eigenvalue weighted by molar-refractivity contribution is 7.98. The Bertz CT molecular complexity index is 638. The summed E-state index contributed by atoms with van der Waals surface area (Å²) in [6.07, 6.45) is 2.48. The van der Waals surface area contributed by atoms with Crippen molar-refractivity contribution in [1.29, 1.82) is 0 Å². The van der Waals surface area contributed by atoms with Crippen LogP contribution in [-0.4, -0.2) is 47.3 Å². The summed E-state index contributed by atoms with van der Waals surface area (Å²) in [5.74, 6) is -0.0373. The minimum atomic E-state index is -0.546. The molecule has 2 rings (SSSR count). The minimum Gasteiger partial charge on any atom is -0.326 e. The van der Waals surface area contributed by atoms with E-state index in [1.807, 2.05) is 6.26 Å². The number of thioether (sulfide) groups is 1. The molecule has 0 bridgehead atoms. The molecule has 1 atom stereocenters. The zero-order valence-electron chi connectivity index (χ0n) is 12.9. The van der Waals surface area contributed by atoms with Gasteiger partial charge in [-0.05, 0) is 43.0 Å². The maximum absolute atomic E-state index is 12.2. The van der Waals surface area contributed by atoms with Crippen LogP contribution in [0.2, 0.25) is 5.02 Å². The normalized spacial score (nSPS) is 17.3. The van der Waals surface area contributed by atoms with E-state index in [1.165, 1.54) is 0 Å². The van der Waals surface area contributed by atoms with Crippen LogP contribution in [0.25, 0.3) is 0 Å². The summed E-state index contributed by atoms with van der Waals surface area (Å²) in [6.45, 7) is 1.47. The number of halogens is 1. The molecule has 1 fully saturated rings. The summed E-state index contributed by atoms with van der Waals surface area (Å²) in [6, 6.07) is 4.08. The highest BCUT2D eigenvalue weighted by atomic mass is 35.5. The molecule has 1 aliphatic heterocycles. The minimum absolute atomic E-state index is 0.313. The van der Waals surface area contributed by atoms with Gasteiger partial charge in [0.2, 0.25) is 5.91 Å². The first-order chi connectivity index (χ1) is 10.9. The van der Waals surface area contributed by atoms with Gasteiger partial charge in [-0.2, -0.15) is 11.8 Å². The van der Waals surface area contributed by atoms with E-state index in [-0.39, 0.29) is 12.5 Å². The second-order valence-electron chi connectivity index (χ2n) is 5.17. The standard InChI is InChI=1S/C15H18ClN3O3S/c1-9-10(16)4-3-5-11(9)17-13(20)8-19-14(21)12(6-7-23-2)18-15(19)22/h3-5,12H,6-8H2,1-2H3,(H,17,20)(H,18,22)/t12-/m0/s1. The molecule has 124 valence electrons. The first-order valence-electron chi connectivity index (χ1n) is 7.09. The molecule has 8 heteroatoms. The largest absolute Gasteiger partial charge is 0.326 e. The third kappa shape index (κ3) is 4.17. The Hall–Kier alpha value is -1.73. The van der Waals surface area contributed by atoms with Crippen LogP contribution in [0.15, 0.2) is 18.2 Å². The maximum Gasteiger partial charge on any atom is 0.325 e. The molecule has 2 N–H and O–H groups in total.